The van der Waals surface area contributed by atoms with Crippen molar-refractivity contribution in [2.45, 2.75) is 13.8 Å². The molecular formula is C20H18ClNO2S2. The Kier molecular flexibility index (Phi) is 6.01. The zero-order chi connectivity index (χ0) is 18.7. The second-order valence-corrected chi connectivity index (χ2v) is 8.38. The summed E-state index contributed by atoms with van der Waals surface area (Å²) < 4.78 is 6.18. The van der Waals surface area contributed by atoms with Crippen LogP contribution in [-0.4, -0.2) is 16.8 Å². The Morgan fingerprint density at radius 3 is 2.62 bits per heavy atom. The number of thioether (sulfide) groups is 1. The maximum atomic E-state index is 12.8. The minimum absolute atomic E-state index is 0.137. The Bertz CT molecular complexity index is 862. The molecule has 0 saturated carbocycles. The number of amides is 1. The van der Waals surface area contributed by atoms with Gasteiger partial charge in [0, 0.05) is 5.02 Å². The summed E-state index contributed by atoms with van der Waals surface area (Å²) in [5.41, 5.74) is 1.61. The lowest BCUT2D eigenvalue weighted by Gasteiger charge is -2.14. The summed E-state index contributed by atoms with van der Waals surface area (Å²) in [5.74, 6) is 1.16. The summed E-state index contributed by atoms with van der Waals surface area (Å²) in [6, 6.07) is 14.8. The van der Waals surface area contributed by atoms with E-state index < -0.39 is 0 Å². The molecule has 134 valence electrons. The maximum Gasteiger partial charge on any atom is 0.270 e. The Morgan fingerprint density at radius 2 is 1.96 bits per heavy atom. The molecule has 1 aliphatic rings. The number of benzene rings is 2. The molecule has 1 heterocycles. The van der Waals surface area contributed by atoms with Crippen molar-refractivity contribution in [3.05, 3.63) is 64.0 Å². The molecule has 0 aliphatic carbocycles. The lowest BCUT2D eigenvalue weighted by molar-refractivity contribution is -0.113. The minimum Gasteiger partial charge on any atom is -0.493 e. The average molecular weight is 404 g/mol. The van der Waals surface area contributed by atoms with Gasteiger partial charge in [-0.15, -0.1) is 0 Å². The number of thiocarbonyl (C=S) groups is 1. The van der Waals surface area contributed by atoms with E-state index in [4.69, 9.17) is 28.6 Å². The van der Waals surface area contributed by atoms with Gasteiger partial charge in [-0.05, 0) is 47.9 Å². The molecule has 0 radical (unpaired) electrons. The molecule has 1 fully saturated rings. The number of hydrogen-bond donors (Lipinski definition) is 0. The number of halogens is 1. The summed E-state index contributed by atoms with van der Waals surface area (Å²) in [6.45, 7) is 4.89. The summed E-state index contributed by atoms with van der Waals surface area (Å²) in [4.78, 5) is 14.9. The van der Waals surface area contributed by atoms with Crippen LogP contribution in [0.1, 0.15) is 19.4 Å². The SMILES string of the molecule is CC(C)COc1ccc(/C=C2/SC(=S)N(c3cccc(Cl)c3)C2=O)cc1. The van der Waals surface area contributed by atoms with Crippen molar-refractivity contribution in [2.24, 2.45) is 5.92 Å². The third-order valence-corrected chi connectivity index (χ3v) is 5.16. The van der Waals surface area contributed by atoms with Crippen LogP contribution in [-0.2, 0) is 4.79 Å². The Labute approximate surface area is 168 Å². The van der Waals surface area contributed by atoms with Gasteiger partial charge in [-0.3, -0.25) is 9.69 Å². The highest BCUT2D eigenvalue weighted by Gasteiger charge is 2.33. The van der Waals surface area contributed by atoms with Gasteiger partial charge in [-0.1, -0.05) is 67.6 Å². The number of carbonyl (C=O) groups is 1. The summed E-state index contributed by atoms with van der Waals surface area (Å²) in [5, 5.41) is 0.567. The minimum atomic E-state index is -0.137. The quantitative estimate of drug-likeness (QED) is 0.467. The molecule has 0 spiro atoms. The summed E-state index contributed by atoms with van der Waals surface area (Å²) in [6.07, 6.45) is 1.84. The molecule has 3 rings (SSSR count). The van der Waals surface area contributed by atoms with Crippen molar-refractivity contribution in [3.8, 4) is 5.75 Å². The molecule has 3 nitrogen and oxygen atoms in total. The molecule has 1 saturated heterocycles. The predicted molar refractivity (Wildman–Crippen MR) is 114 cm³/mol. The zero-order valence-corrected chi connectivity index (χ0v) is 16.8. The second kappa shape index (κ2) is 8.25. The molecule has 2 aromatic carbocycles. The van der Waals surface area contributed by atoms with Gasteiger partial charge in [0.05, 0.1) is 17.2 Å². The van der Waals surface area contributed by atoms with Gasteiger partial charge in [0.1, 0.15) is 5.75 Å². The lowest BCUT2D eigenvalue weighted by Crippen LogP contribution is -2.27. The van der Waals surface area contributed by atoms with Gasteiger partial charge in [0.15, 0.2) is 4.32 Å². The maximum absolute atomic E-state index is 12.8. The van der Waals surface area contributed by atoms with E-state index in [1.807, 2.05) is 36.4 Å². The molecule has 0 unspecified atom stereocenters. The van der Waals surface area contributed by atoms with Crippen LogP contribution in [0.4, 0.5) is 5.69 Å². The molecule has 26 heavy (non-hydrogen) atoms. The molecule has 2 aromatic rings. The zero-order valence-electron chi connectivity index (χ0n) is 14.4. The van der Waals surface area contributed by atoms with E-state index in [9.17, 15) is 4.79 Å². The van der Waals surface area contributed by atoms with Crippen LogP contribution in [0.15, 0.2) is 53.4 Å². The van der Waals surface area contributed by atoms with Crippen molar-refractivity contribution >= 4 is 57.6 Å². The van der Waals surface area contributed by atoms with E-state index in [0.717, 1.165) is 11.3 Å². The number of rotatable bonds is 5. The molecule has 0 atom stereocenters. The normalized spacial score (nSPS) is 16.0. The highest BCUT2D eigenvalue weighted by Crippen LogP contribution is 2.36. The van der Waals surface area contributed by atoms with Gasteiger partial charge in [0.25, 0.3) is 5.91 Å². The molecule has 1 amide bonds. The van der Waals surface area contributed by atoms with Crippen LogP contribution in [0.5, 0.6) is 5.75 Å². The first-order valence-electron chi connectivity index (χ1n) is 8.20. The second-order valence-electron chi connectivity index (χ2n) is 6.27. The third-order valence-electron chi connectivity index (χ3n) is 3.62. The Balaban J connectivity index is 1.77. The van der Waals surface area contributed by atoms with Gasteiger partial charge in [-0.2, -0.15) is 0 Å². The largest absolute Gasteiger partial charge is 0.493 e. The van der Waals surface area contributed by atoms with E-state index in [1.54, 1.807) is 18.2 Å². The van der Waals surface area contributed by atoms with Crippen LogP contribution >= 0.6 is 35.6 Å². The van der Waals surface area contributed by atoms with Crippen molar-refractivity contribution in [1.29, 1.82) is 0 Å². The first kappa shape index (κ1) is 19.0. The number of hydrogen-bond acceptors (Lipinski definition) is 4. The van der Waals surface area contributed by atoms with Crippen molar-refractivity contribution in [3.63, 3.8) is 0 Å². The molecule has 6 heteroatoms. The van der Waals surface area contributed by atoms with Crippen LogP contribution < -0.4 is 9.64 Å². The van der Waals surface area contributed by atoms with Crippen LogP contribution in [0, 0.1) is 5.92 Å². The number of nitrogens with zero attached hydrogens (tertiary/aromatic N) is 1. The fourth-order valence-corrected chi connectivity index (χ4v) is 3.86. The molecule has 0 aromatic heterocycles. The Morgan fingerprint density at radius 1 is 1.23 bits per heavy atom. The fraction of sp³-hybridized carbons (Fsp3) is 0.200. The van der Waals surface area contributed by atoms with Gasteiger partial charge < -0.3 is 4.74 Å². The van der Waals surface area contributed by atoms with Crippen molar-refractivity contribution in [2.75, 3.05) is 11.5 Å². The van der Waals surface area contributed by atoms with E-state index in [-0.39, 0.29) is 5.91 Å². The Hall–Kier alpha value is -1.82. The topological polar surface area (TPSA) is 29.5 Å². The lowest BCUT2D eigenvalue weighted by atomic mass is 10.2. The van der Waals surface area contributed by atoms with Crippen LogP contribution in [0.2, 0.25) is 5.02 Å². The summed E-state index contributed by atoms with van der Waals surface area (Å²) in [7, 11) is 0. The van der Waals surface area contributed by atoms with Gasteiger partial charge in [-0.25, -0.2) is 0 Å². The monoisotopic (exact) mass is 403 g/mol. The number of ether oxygens (including phenoxy) is 1. The smallest absolute Gasteiger partial charge is 0.270 e. The first-order chi connectivity index (χ1) is 12.4. The van der Waals surface area contributed by atoms with Crippen LogP contribution in [0.25, 0.3) is 6.08 Å². The molecule has 1 aliphatic heterocycles. The molecule has 0 N–H and O–H groups in total. The summed E-state index contributed by atoms with van der Waals surface area (Å²) >= 11 is 12.7. The van der Waals surface area contributed by atoms with E-state index in [1.165, 1.54) is 16.7 Å². The molecular weight excluding hydrogens is 386 g/mol. The standard InChI is InChI=1S/C20H18ClNO2S2/c1-13(2)12-24-17-8-6-14(7-9-17)10-18-19(23)22(20(25)26-18)16-5-3-4-15(21)11-16/h3-11,13H,12H2,1-2H3/b18-10+. The highest BCUT2D eigenvalue weighted by atomic mass is 35.5. The molecule has 0 bridgehead atoms. The highest BCUT2D eigenvalue weighted by molar-refractivity contribution is 8.27. The van der Waals surface area contributed by atoms with Crippen LogP contribution in [0.3, 0.4) is 0 Å². The van der Waals surface area contributed by atoms with Crippen molar-refractivity contribution < 1.29 is 9.53 Å². The van der Waals surface area contributed by atoms with Crippen molar-refractivity contribution in [1.82, 2.24) is 0 Å². The number of anilines is 1. The fourth-order valence-electron chi connectivity index (χ4n) is 2.38. The van der Waals surface area contributed by atoms with E-state index in [0.29, 0.717) is 32.5 Å². The third kappa shape index (κ3) is 4.47. The first-order valence-corrected chi connectivity index (χ1v) is 9.80. The van der Waals surface area contributed by atoms with E-state index >= 15 is 0 Å². The number of carbonyl (C=O) groups excluding carboxylic acids is 1. The predicted octanol–water partition coefficient (Wildman–Crippen LogP) is 5.78. The van der Waals surface area contributed by atoms with E-state index in [2.05, 4.69) is 13.8 Å². The average Bonchev–Trinajstić information content (AvgIpc) is 2.88. The van der Waals surface area contributed by atoms with Gasteiger partial charge in [0.2, 0.25) is 0 Å². The van der Waals surface area contributed by atoms with Gasteiger partial charge >= 0.3 is 0 Å².